The van der Waals surface area contributed by atoms with Crippen molar-refractivity contribution >= 4 is 12.6 Å². The molecule has 0 radical (unpaired) electrons. The van der Waals surface area contributed by atoms with Crippen LogP contribution in [-0.2, 0) is 17.8 Å². The van der Waals surface area contributed by atoms with Gasteiger partial charge in [0.15, 0.2) is 0 Å². The van der Waals surface area contributed by atoms with Crippen LogP contribution in [0.25, 0.3) is 0 Å². The number of hydrogen-bond acceptors (Lipinski definition) is 4. The van der Waals surface area contributed by atoms with E-state index in [0.717, 1.165) is 28.1 Å². The van der Waals surface area contributed by atoms with E-state index < -0.39 is 7.12 Å². The van der Waals surface area contributed by atoms with E-state index in [1.165, 1.54) is 0 Å². The van der Waals surface area contributed by atoms with Gasteiger partial charge in [-0.3, -0.25) is 0 Å². The summed E-state index contributed by atoms with van der Waals surface area (Å²) in [6, 6.07) is 13.2. The molecule has 0 aliphatic carbocycles. The molecule has 19 heavy (non-hydrogen) atoms. The third kappa shape index (κ3) is 2.49. The van der Waals surface area contributed by atoms with Crippen molar-refractivity contribution in [3.05, 3.63) is 53.6 Å². The predicted molar refractivity (Wildman–Crippen MR) is 73.2 cm³/mol. The average Bonchev–Trinajstić information content (AvgIpc) is 2.80. The molecule has 2 aromatic rings. The molecule has 1 aliphatic heterocycles. The van der Waals surface area contributed by atoms with Gasteiger partial charge in [-0.2, -0.15) is 0 Å². The van der Waals surface area contributed by atoms with E-state index in [9.17, 15) is 5.02 Å². The van der Waals surface area contributed by atoms with Crippen LogP contribution in [0.15, 0.2) is 42.5 Å². The molecule has 3 rings (SSSR count). The van der Waals surface area contributed by atoms with E-state index in [4.69, 9.17) is 15.1 Å². The second-order valence-corrected chi connectivity index (χ2v) is 4.48. The first-order chi connectivity index (χ1) is 9.26. The molecule has 0 saturated carbocycles. The first-order valence-corrected chi connectivity index (χ1v) is 6.15. The van der Waals surface area contributed by atoms with Gasteiger partial charge in [0.05, 0.1) is 6.61 Å². The van der Waals surface area contributed by atoms with Crippen LogP contribution >= 0.6 is 0 Å². The first kappa shape index (κ1) is 12.2. The van der Waals surface area contributed by atoms with Crippen LogP contribution in [0.5, 0.6) is 11.5 Å². The van der Waals surface area contributed by atoms with Gasteiger partial charge in [-0.1, -0.05) is 18.2 Å². The maximum Gasteiger partial charge on any atom is 0.491 e. The Labute approximate surface area is 111 Å². The summed E-state index contributed by atoms with van der Waals surface area (Å²) in [5.74, 6) is 1.48. The Morgan fingerprint density at radius 2 is 2.05 bits per heavy atom. The van der Waals surface area contributed by atoms with Crippen LogP contribution in [0.1, 0.15) is 11.1 Å². The minimum absolute atomic E-state index is 0.413. The number of hydrogen-bond donors (Lipinski definition) is 2. The number of rotatable bonds is 3. The topological polar surface area (TPSA) is 64.7 Å². The Kier molecular flexibility index (Phi) is 3.25. The van der Waals surface area contributed by atoms with E-state index in [1.807, 2.05) is 42.5 Å². The SMILES string of the molecule is NCc1cccc(Oc2ccc3c(c2)COB3O)c1. The molecule has 1 heterocycles. The molecule has 4 nitrogen and oxygen atoms in total. The zero-order valence-corrected chi connectivity index (χ0v) is 10.4. The fourth-order valence-corrected chi connectivity index (χ4v) is 2.14. The Morgan fingerprint density at radius 1 is 1.21 bits per heavy atom. The van der Waals surface area contributed by atoms with Gasteiger partial charge in [0, 0.05) is 6.54 Å². The van der Waals surface area contributed by atoms with E-state index in [2.05, 4.69) is 0 Å². The smallest absolute Gasteiger partial charge is 0.457 e. The molecule has 1 aliphatic rings. The molecule has 0 fully saturated rings. The van der Waals surface area contributed by atoms with Crippen LogP contribution in [0.3, 0.4) is 0 Å². The van der Waals surface area contributed by atoms with E-state index in [1.54, 1.807) is 0 Å². The maximum absolute atomic E-state index is 9.55. The molecule has 96 valence electrons. The van der Waals surface area contributed by atoms with Crippen molar-refractivity contribution in [1.82, 2.24) is 0 Å². The second kappa shape index (κ2) is 5.05. The molecule has 0 unspecified atom stereocenters. The number of fused-ring (bicyclic) bond motifs is 1. The summed E-state index contributed by atoms with van der Waals surface area (Å²) in [7, 11) is -0.815. The van der Waals surface area contributed by atoms with Crippen LogP contribution in [0.2, 0.25) is 0 Å². The summed E-state index contributed by atoms with van der Waals surface area (Å²) in [4.78, 5) is 0. The lowest BCUT2D eigenvalue weighted by Crippen LogP contribution is -2.27. The lowest BCUT2D eigenvalue weighted by atomic mass is 9.80. The van der Waals surface area contributed by atoms with E-state index in [0.29, 0.717) is 13.2 Å². The maximum atomic E-state index is 9.55. The Morgan fingerprint density at radius 3 is 2.89 bits per heavy atom. The second-order valence-electron chi connectivity index (χ2n) is 4.48. The highest BCUT2D eigenvalue weighted by atomic mass is 16.5. The monoisotopic (exact) mass is 255 g/mol. The molecular weight excluding hydrogens is 241 g/mol. The van der Waals surface area contributed by atoms with Crippen molar-refractivity contribution in [1.29, 1.82) is 0 Å². The third-order valence-corrected chi connectivity index (χ3v) is 3.15. The van der Waals surface area contributed by atoms with Crippen molar-refractivity contribution in [3.8, 4) is 11.5 Å². The van der Waals surface area contributed by atoms with Gasteiger partial charge >= 0.3 is 7.12 Å². The summed E-state index contributed by atoms with van der Waals surface area (Å²) >= 11 is 0. The summed E-state index contributed by atoms with van der Waals surface area (Å²) in [6.45, 7) is 0.901. The molecule has 0 amide bonds. The summed E-state index contributed by atoms with van der Waals surface area (Å²) in [5, 5.41) is 9.55. The van der Waals surface area contributed by atoms with Gasteiger partial charge in [-0.05, 0) is 40.9 Å². The van der Waals surface area contributed by atoms with Crippen molar-refractivity contribution in [3.63, 3.8) is 0 Å². The number of ether oxygens (including phenoxy) is 1. The van der Waals surface area contributed by atoms with Crippen LogP contribution in [0, 0.1) is 0 Å². The molecule has 2 aromatic carbocycles. The lowest BCUT2D eigenvalue weighted by Gasteiger charge is -2.08. The van der Waals surface area contributed by atoms with Crippen LogP contribution in [0.4, 0.5) is 0 Å². The normalized spacial score (nSPS) is 13.5. The summed E-state index contributed by atoms with van der Waals surface area (Å²) < 4.78 is 10.9. The van der Waals surface area contributed by atoms with Crippen LogP contribution < -0.4 is 15.9 Å². The molecule has 0 bridgehead atoms. The van der Waals surface area contributed by atoms with Gasteiger partial charge < -0.3 is 20.1 Å². The highest BCUT2D eigenvalue weighted by Crippen LogP contribution is 2.24. The van der Waals surface area contributed by atoms with E-state index in [-0.39, 0.29) is 0 Å². The molecule has 0 spiro atoms. The molecule has 0 saturated heterocycles. The number of nitrogens with two attached hydrogens (primary N) is 1. The fraction of sp³-hybridized carbons (Fsp3) is 0.143. The van der Waals surface area contributed by atoms with Crippen molar-refractivity contribution in [2.75, 3.05) is 0 Å². The Hall–Kier alpha value is -1.82. The molecule has 0 aromatic heterocycles. The van der Waals surface area contributed by atoms with Gasteiger partial charge in [0.25, 0.3) is 0 Å². The highest BCUT2D eigenvalue weighted by molar-refractivity contribution is 6.61. The van der Waals surface area contributed by atoms with Crippen molar-refractivity contribution < 1.29 is 14.4 Å². The quantitative estimate of drug-likeness (QED) is 0.807. The zero-order valence-electron chi connectivity index (χ0n) is 10.4. The molecule has 3 N–H and O–H groups in total. The number of benzene rings is 2. The first-order valence-electron chi connectivity index (χ1n) is 6.15. The van der Waals surface area contributed by atoms with E-state index >= 15 is 0 Å². The Bertz CT molecular complexity index is 603. The largest absolute Gasteiger partial charge is 0.491 e. The minimum atomic E-state index is -0.815. The molecular formula is C14H14BNO3. The van der Waals surface area contributed by atoms with Crippen LogP contribution in [-0.4, -0.2) is 12.1 Å². The van der Waals surface area contributed by atoms with Gasteiger partial charge in [0.2, 0.25) is 0 Å². The third-order valence-electron chi connectivity index (χ3n) is 3.15. The fourth-order valence-electron chi connectivity index (χ4n) is 2.14. The van der Waals surface area contributed by atoms with Crippen molar-refractivity contribution in [2.24, 2.45) is 5.73 Å². The van der Waals surface area contributed by atoms with Gasteiger partial charge in [-0.25, -0.2) is 0 Å². The zero-order chi connectivity index (χ0) is 13.2. The Balaban J connectivity index is 1.83. The molecule has 5 heteroatoms. The van der Waals surface area contributed by atoms with Gasteiger partial charge in [-0.15, -0.1) is 0 Å². The highest BCUT2D eigenvalue weighted by Gasteiger charge is 2.27. The summed E-state index contributed by atoms with van der Waals surface area (Å²) in [6.07, 6.45) is 0. The predicted octanol–water partition coefficient (Wildman–Crippen LogP) is 1.16. The average molecular weight is 255 g/mol. The lowest BCUT2D eigenvalue weighted by molar-refractivity contribution is 0.275. The van der Waals surface area contributed by atoms with Gasteiger partial charge in [0.1, 0.15) is 11.5 Å². The van der Waals surface area contributed by atoms with Crippen molar-refractivity contribution in [2.45, 2.75) is 13.2 Å². The minimum Gasteiger partial charge on any atom is -0.457 e. The molecule has 0 atom stereocenters. The summed E-state index contributed by atoms with van der Waals surface area (Å²) in [5.41, 5.74) is 8.39. The standard InChI is InChI=1S/C14H14BNO3/c16-8-10-2-1-3-12(6-10)19-13-4-5-14-11(7-13)9-18-15(14)17/h1-7,17H,8-9,16H2.